The molecule has 2 rings (SSSR count). The molecule has 0 saturated carbocycles. The molecule has 0 spiro atoms. The normalized spacial score (nSPS) is 12.4. The first-order chi connectivity index (χ1) is 9.10. The van der Waals surface area contributed by atoms with Crippen molar-refractivity contribution in [2.75, 3.05) is 6.54 Å². The Kier molecular flexibility index (Phi) is 4.67. The van der Waals surface area contributed by atoms with Gasteiger partial charge in [-0.05, 0) is 38.0 Å². The van der Waals surface area contributed by atoms with Crippen LogP contribution in [0.4, 0.5) is 0 Å². The molecule has 1 atom stereocenters. The highest BCUT2D eigenvalue weighted by Gasteiger charge is 2.13. The van der Waals surface area contributed by atoms with Crippen molar-refractivity contribution in [1.29, 1.82) is 0 Å². The third-order valence-corrected chi connectivity index (χ3v) is 4.68. The maximum Gasteiger partial charge on any atom is 0.0467 e. The van der Waals surface area contributed by atoms with Crippen molar-refractivity contribution in [1.82, 2.24) is 0 Å². The van der Waals surface area contributed by atoms with Gasteiger partial charge in [-0.3, -0.25) is 0 Å². The zero-order chi connectivity index (χ0) is 13.8. The molecular weight excluding hydrogens is 250 g/mol. The summed E-state index contributed by atoms with van der Waals surface area (Å²) in [4.78, 5) is 1.33. The SMILES string of the molecule is Cc1cccc(C(CN)Sc2cc(C)ccc2C)c1. The van der Waals surface area contributed by atoms with Gasteiger partial charge in [-0.2, -0.15) is 0 Å². The molecule has 19 heavy (non-hydrogen) atoms. The van der Waals surface area contributed by atoms with Crippen LogP contribution >= 0.6 is 11.8 Å². The number of thioether (sulfide) groups is 1. The molecule has 0 amide bonds. The van der Waals surface area contributed by atoms with Crippen LogP contribution in [0.15, 0.2) is 47.4 Å². The minimum Gasteiger partial charge on any atom is -0.329 e. The lowest BCUT2D eigenvalue weighted by Crippen LogP contribution is -2.09. The molecule has 1 unspecified atom stereocenters. The van der Waals surface area contributed by atoms with Gasteiger partial charge < -0.3 is 5.73 Å². The Morgan fingerprint density at radius 3 is 2.42 bits per heavy atom. The van der Waals surface area contributed by atoms with Gasteiger partial charge in [-0.1, -0.05) is 47.5 Å². The molecule has 2 N–H and O–H groups in total. The Bertz CT molecular complexity index is 563. The lowest BCUT2D eigenvalue weighted by molar-refractivity contribution is 0.938. The van der Waals surface area contributed by atoms with Crippen LogP contribution in [0.5, 0.6) is 0 Å². The van der Waals surface area contributed by atoms with Crippen LogP contribution in [-0.2, 0) is 0 Å². The Balaban J connectivity index is 2.26. The average molecular weight is 271 g/mol. The van der Waals surface area contributed by atoms with Gasteiger partial charge in [0, 0.05) is 16.7 Å². The number of aryl methyl sites for hydroxylation is 3. The summed E-state index contributed by atoms with van der Waals surface area (Å²) in [7, 11) is 0. The summed E-state index contributed by atoms with van der Waals surface area (Å²) in [6.45, 7) is 7.07. The van der Waals surface area contributed by atoms with E-state index < -0.39 is 0 Å². The van der Waals surface area contributed by atoms with Crippen molar-refractivity contribution >= 4 is 11.8 Å². The van der Waals surface area contributed by atoms with E-state index in [0.29, 0.717) is 11.8 Å². The standard InChI is InChI=1S/C17H21NS/c1-12-5-4-6-15(9-12)17(11-18)19-16-10-13(2)7-8-14(16)3/h4-10,17H,11,18H2,1-3H3. The van der Waals surface area contributed by atoms with Gasteiger partial charge >= 0.3 is 0 Å². The summed E-state index contributed by atoms with van der Waals surface area (Å²) in [5.74, 6) is 0. The zero-order valence-electron chi connectivity index (χ0n) is 11.8. The number of hydrogen-bond donors (Lipinski definition) is 1. The van der Waals surface area contributed by atoms with Crippen LogP contribution in [0.1, 0.15) is 27.5 Å². The molecule has 100 valence electrons. The topological polar surface area (TPSA) is 26.0 Å². The van der Waals surface area contributed by atoms with E-state index in [2.05, 4.69) is 63.2 Å². The Morgan fingerprint density at radius 2 is 1.74 bits per heavy atom. The van der Waals surface area contributed by atoms with Crippen LogP contribution in [0.3, 0.4) is 0 Å². The first-order valence-corrected chi connectivity index (χ1v) is 7.48. The number of rotatable bonds is 4. The van der Waals surface area contributed by atoms with Crippen LogP contribution in [-0.4, -0.2) is 6.54 Å². The number of nitrogens with two attached hydrogens (primary N) is 1. The van der Waals surface area contributed by atoms with E-state index in [9.17, 15) is 0 Å². The second kappa shape index (κ2) is 6.27. The van der Waals surface area contributed by atoms with Crippen LogP contribution < -0.4 is 5.73 Å². The fourth-order valence-electron chi connectivity index (χ4n) is 2.11. The summed E-state index contributed by atoms with van der Waals surface area (Å²) in [5.41, 5.74) is 11.2. The maximum atomic E-state index is 5.97. The van der Waals surface area contributed by atoms with Gasteiger partial charge in [0.25, 0.3) is 0 Å². The highest BCUT2D eigenvalue weighted by Crippen LogP contribution is 2.36. The average Bonchev–Trinajstić information content (AvgIpc) is 2.39. The third kappa shape index (κ3) is 3.62. The summed E-state index contributed by atoms with van der Waals surface area (Å²) < 4.78 is 0. The van der Waals surface area contributed by atoms with Crippen molar-refractivity contribution in [2.45, 2.75) is 30.9 Å². The van der Waals surface area contributed by atoms with Gasteiger partial charge in [-0.25, -0.2) is 0 Å². The molecule has 2 aromatic carbocycles. The molecule has 0 aliphatic rings. The molecular formula is C17H21NS. The third-order valence-electron chi connectivity index (χ3n) is 3.24. The van der Waals surface area contributed by atoms with E-state index >= 15 is 0 Å². The van der Waals surface area contributed by atoms with Crippen molar-refractivity contribution in [3.8, 4) is 0 Å². The summed E-state index contributed by atoms with van der Waals surface area (Å²) in [6.07, 6.45) is 0. The fourth-order valence-corrected chi connectivity index (χ4v) is 3.30. The Labute approximate surface area is 120 Å². The molecule has 0 radical (unpaired) electrons. The largest absolute Gasteiger partial charge is 0.329 e. The lowest BCUT2D eigenvalue weighted by Gasteiger charge is -2.17. The Hall–Kier alpha value is -1.25. The minimum absolute atomic E-state index is 0.320. The molecule has 0 saturated heterocycles. The number of hydrogen-bond acceptors (Lipinski definition) is 2. The van der Waals surface area contributed by atoms with E-state index in [4.69, 9.17) is 5.73 Å². The predicted molar refractivity (Wildman–Crippen MR) is 84.7 cm³/mol. The van der Waals surface area contributed by atoms with E-state index in [1.165, 1.54) is 27.1 Å². The molecule has 0 bridgehead atoms. The van der Waals surface area contributed by atoms with Crippen molar-refractivity contribution in [2.24, 2.45) is 5.73 Å². The Morgan fingerprint density at radius 1 is 1.00 bits per heavy atom. The first-order valence-electron chi connectivity index (χ1n) is 6.60. The maximum absolute atomic E-state index is 5.97. The van der Waals surface area contributed by atoms with Gasteiger partial charge in [0.05, 0.1) is 0 Å². The molecule has 0 aliphatic carbocycles. The highest BCUT2D eigenvalue weighted by atomic mass is 32.2. The second-order valence-corrected chi connectivity index (χ2v) is 6.27. The van der Waals surface area contributed by atoms with Crippen LogP contribution in [0.2, 0.25) is 0 Å². The first kappa shape index (κ1) is 14.2. The molecule has 0 aliphatic heterocycles. The van der Waals surface area contributed by atoms with Gasteiger partial charge in [-0.15, -0.1) is 11.8 Å². The monoisotopic (exact) mass is 271 g/mol. The summed E-state index contributed by atoms with van der Waals surface area (Å²) >= 11 is 1.87. The highest BCUT2D eigenvalue weighted by molar-refractivity contribution is 7.99. The number of benzene rings is 2. The van der Waals surface area contributed by atoms with Gasteiger partial charge in [0.1, 0.15) is 0 Å². The quantitative estimate of drug-likeness (QED) is 0.834. The van der Waals surface area contributed by atoms with E-state index in [0.717, 1.165) is 0 Å². The summed E-state index contributed by atoms with van der Waals surface area (Å²) in [6, 6.07) is 15.2. The predicted octanol–water partition coefficient (Wildman–Crippen LogP) is 4.40. The minimum atomic E-state index is 0.320. The van der Waals surface area contributed by atoms with E-state index in [-0.39, 0.29) is 0 Å². The molecule has 0 fully saturated rings. The van der Waals surface area contributed by atoms with E-state index in [1.807, 2.05) is 11.8 Å². The molecule has 0 heterocycles. The van der Waals surface area contributed by atoms with E-state index in [1.54, 1.807) is 0 Å². The van der Waals surface area contributed by atoms with Gasteiger partial charge in [0.2, 0.25) is 0 Å². The van der Waals surface area contributed by atoms with Crippen molar-refractivity contribution < 1.29 is 0 Å². The van der Waals surface area contributed by atoms with Crippen LogP contribution in [0.25, 0.3) is 0 Å². The van der Waals surface area contributed by atoms with Crippen molar-refractivity contribution in [3.05, 3.63) is 64.7 Å². The molecule has 2 heteroatoms. The van der Waals surface area contributed by atoms with Gasteiger partial charge in [0.15, 0.2) is 0 Å². The van der Waals surface area contributed by atoms with Crippen LogP contribution in [0, 0.1) is 20.8 Å². The fraction of sp³-hybridized carbons (Fsp3) is 0.294. The molecule has 2 aromatic rings. The smallest absolute Gasteiger partial charge is 0.0467 e. The second-order valence-electron chi connectivity index (χ2n) is 5.03. The molecule has 1 nitrogen and oxygen atoms in total. The summed E-state index contributed by atoms with van der Waals surface area (Å²) in [5, 5.41) is 0.320. The van der Waals surface area contributed by atoms with Crippen molar-refractivity contribution in [3.63, 3.8) is 0 Å². The lowest BCUT2D eigenvalue weighted by atomic mass is 10.1. The zero-order valence-corrected chi connectivity index (χ0v) is 12.6. The molecule has 0 aromatic heterocycles.